The molecule has 0 aromatic rings. The van der Waals surface area contributed by atoms with Crippen LogP contribution >= 0.6 is 0 Å². The zero-order chi connectivity index (χ0) is 19.9. The summed E-state index contributed by atoms with van der Waals surface area (Å²) in [4.78, 5) is 49.7. The molecule has 26 heavy (non-hydrogen) atoms. The van der Waals surface area contributed by atoms with Crippen molar-refractivity contribution in [1.82, 2.24) is 5.32 Å². The Balaban J connectivity index is 3.28. The van der Waals surface area contributed by atoms with E-state index in [1.807, 2.05) is 0 Å². The van der Waals surface area contributed by atoms with E-state index >= 15 is 0 Å². The summed E-state index contributed by atoms with van der Waals surface area (Å²) in [6.07, 6.45) is -4.23. The van der Waals surface area contributed by atoms with Crippen LogP contribution in [-0.4, -0.2) is 81.3 Å². The molecule has 0 aromatic heterocycles. The molecule has 0 bridgehead atoms. The van der Waals surface area contributed by atoms with Crippen LogP contribution in [0.15, 0.2) is 4.99 Å². The van der Waals surface area contributed by atoms with Crippen molar-refractivity contribution in [3.8, 4) is 0 Å². The topological polar surface area (TPSA) is 130 Å². The van der Waals surface area contributed by atoms with Gasteiger partial charge in [-0.3, -0.25) is 0 Å². The van der Waals surface area contributed by atoms with Gasteiger partial charge in [0.05, 0.1) is 0 Å². The van der Waals surface area contributed by atoms with Crippen LogP contribution in [0.5, 0.6) is 0 Å². The summed E-state index contributed by atoms with van der Waals surface area (Å²) in [6.45, 7) is 4.54. The predicted octanol–water partition coefficient (Wildman–Crippen LogP) is -1.28. The third kappa shape index (κ3) is 6.68. The molecule has 1 heterocycles. The first-order chi connectivity index (χ1) is 12.1. The fourth-order valence-corrected chi connectivity index (χ4v) is 2.69. The molecule has 0 aliphatic carbocycles. The zero-order valence-electron chi connectivity index (χ0n) is 14.7. The maximum atomic E-state index is 11.6. The quantitative estimate of drug-likeness (QED) is 0.236. The third-order valence-electron chi connectivity index (χ3n) is 3.27. The number of hydrogen-bond acceptors (Lipinski definition) is 9. The van der Waals surface area contributed by atoms with Crippen LogP contribution in [0.3, 0.4) is 0 Å². The fraction of sp³-hybridized carbons (Fsp3) is 0.667. The Bertz CT molecular complexity index is 619. The van der Waals surface area contributed by atoms with Gasteiger partial charge in [0.15, 0.2) is 0 Å². The molecule has 1 fully saturated rings. The molecular formula is C15H20N2O8Se. The zero-order valence-corrected chi connectivity index (χ0v) is 16.4. The van der Waals surface area contributed by atoms with E-state index in [9.17, 15) is 19.2 Å². The van der Waals surface area contributed by atoms with Gasteiger partial charge in [0.25, 0.3) is 0 Å². The number of esters is 3. The van der Waals surface area contributed by atoms with Gasteiger partial charge in [-0.05, 0) is 0 Å². The summed E-state index contributed by atoms with van der Waals surface area (Å²) < 4.78 is 23.6. The molecule has 10 nitrogen and oxygen atoms in total. The normalized spacial score (nSPS) is 27.5. The number of ether oxygens (including phenoxy) is 4. The van der Waals surface area contributed by atoms with E-state index in [0.717, 1.165) is 0 Å². The van der Waals surface area contributed by atoms with Gasteiger partial charge in [0.2, 0.25) is 0 Å². The Morgan fingerprint density at radius 3 is 2.08 bits per heavy atom. The number of carbonyl (C=O) groups is 4. The first-order valence-electron chi connectivity index (χ1n) is 7.63. The summed E-state index contributed by atoms with van der Waals surface area (Å²) in [5.74, 6) is -2.33. The van der Waals surface area contributed by atoms with Crippen molar-refractivity contribution >= 4 is 44.1 Å². The van der Waals surface area contributed by atoms with Gasteiger partial charge < -0.3 is 0 Å². The SMILES string of the molecule is CC(=O)N[C@@H]1[C@@H](OC(C)=O)[C@H](OC(C)=O)[C@@H](COC(C)=O)O[C@H]1N=C=[Se]. The standard InChI is InChI=1S/C15H20N2O8Se/c1-7(18)17-12-14(24-10(4)21)13(23-9(3)20)11(5-22-8(2)19)25-15(12)16-6-26/h11-15H,5H2,1-4H3,(H,17,18)/t11-,12-,13-,14-,15-/m1/s1. The summed E-state index contributed by atoms with van der Waals surface area (Å²) in [7, 11) is 0. The molecule has 0 unspecified atom stereocenters. The summed E-state index contributed by atoms with van der Waals surface area (Å²) in [6, 6.07) is -0.949. The van der Waals surface area contributed by atoms with Crippen LogP contribution in [0.1, 0.15) is 27.7 Å². The summed E-state index contributed by atoms with van der Waals surface area (Å²) in [5.41, 5.74) is 0. The predicted molar refractivity (Wildman–Crippen MR) is 87.2 cm³/mol. The third-order valence-corrected chi connectivity index (χ3v) is 3.49. The van der Waals surface area contributed by atoms with E-state index in [4.69, 9.17) is 18.9 Å². The Morgan fingerprint density at radius 1 is 1.04 bits per heavy atom. The van der Waals surface area contributed by atoms with Crippen molar-refractivity contribution < 1.29 is 38.1 Å². The van der Waals surface area contributed by atoms with Gasteiger partial charge in [-0.25, -0.2) is 0 Å². The second kappa shape index (κ2) is 10.2. The molecule has 0 saturated carbocycles. The second-order valence-corrected chi connectivity index (χ2v) is 5.85. The van der Waals surface area contributed by atoms with Crippen molar-refractivity contribution in [2.45, 2.75) is 58.3 Å². The van der Waals surface area contributed by atoms with Gasteiger partial charge in [0.1, 0.15) is 0 Å². The maximum absolute atomic E-state index is 11.6. The fourth-order valence-electron chi connectivity index (χ4n) is 2.47. The van der Waals surface area contributed by atoms with Gasteiger partial charge in [-0.1, -0.05) is 0 Å². The van der Waals surface area contributed by atoms with E-state index in [1.54, 1.807) is 0 Å². The number of nitrogens with zero attached hydrogens (tertiary/aromatic N) is 1. The molecule has 0 radical (unpaired) electrons. The van der Waals surface area contributed by atoms with Crippen molar-refractivity contribution in [2.75, 3.05) is 6.61 Å². The second-order valence-electron chi connectivity index (χ2n) is 5.46. The molecule has 11 heteroatoms. The van der Waals surface area contributed by atoms with Gasteiger partial charge in [-0.15, -0.1) is 0 Å². The van der Waals surface area contributed by atoms with Crippen molar-refractivity contribution in [3.05, 3.63) is 0 Å². The van der Waals surface area contributed by atoms with E-state index in [0.29, 0.717) is 0 Å². The van der Waals surface area contributed by atoms with Crippen LogP contribution in [0, 0.1) is 0 Å². The molecule has 0 aromatic carbocycles. The van der Waals surface area contributed by atoms with Crippen LogP contribution in [0.2, 0.25) is 0 Å². The average molecular weight is 435 g/mol. The number of hydrogen-bond donors (Lipinski definition) is 1. The number of amides is 1. The average Bonchev–Trinajstić information content (AvgIpc) is 2.50. The molecule has 0 spiro atoms. The summed E-state index contributed by atoms with van der Waals surface area (Å²) >= 11 is 2.44. The van der Waals surface area contributed by atoms with Crippen LogP contribution < -0.4 is 5.32 Å². The molecule has 144 valence electrons. The van der Waals surface area contributed by atoms with Crippen molar-refractivity contribution in [2.24, 2.45) is 4.99 Å². The van der Waals surface area contributed by atoms with E-state index in [-0.39, 0.29) is 6.61 Å². The van der Waals surface area contributed by atoms with E-state index in [2.05, 4.69) is 30.6 Å². The van der Waals surface area contributed by atoms with Gasteiger partial charge in [-0.2, -0.15) is 0 Å². The molecule has 1 aliphatic heterocycles. The minimum absolute atomic E-state index is 0.267. The number of rotatable bonds is 6. The molecule has 1 N–H and O–H groups in total. The van der Waals surface area contributed by atoms with Crippen molar-refractivity contribution in [1.29, 1.82) is 0 Å². The molecule has 1 saturated heterocycles. The van der Waals surface area contributed by atoms with Gasteiger partial charge in [0, 0.05) is 0 Å². The van der Waals surface area contributed by atoms with Crippen LogP contribution in [-0.2, 0) is 38.1 Å². The Morgan fingerprint density at radius 2 is 1.62 bits per heavy atom. The van der Waals surface area contributed by atoms with Gasteiger partial charge >= 0.3 is 157 Å². The first kappa shape index (κ1) is 22.0. The van der Waals surface area contributed by atoms with Crippen LogP contribution in [0.4, 0.5) is 0 Å². The number of aliphatic imine (C=N–C) groups is 1. The monoisotopic (exact) mass is 436 g/mol. The van der Waals surface area contributed by atoms with Crippen LogP contribution in [0.25, 0.3) is 0 Å². The minimum atomic E-state index is -1.13. The Labute approximate surface area is 157 Å². The molecule has 1 amide bonds. The molecule has 1 aliphatic rings. The first-order valence-corrected chi connectivity index (χ1v) is 8.48. The number of nitrogens with one attached hydrogen (secondary N) is 1. The van der Waals surface area contributed by atoms with E-state index < -0.39 is 54.4 Å². The number of carbonyl (C=O) groups excluding carboxylic acids is 4. The Hall–Kier alpha value is -2.06. The van der Waals surface area contributed by atoms with Crippen molar-refractivity contribution in [3.63, 3.8) is 0 Å². The Kier molecular flexibility index (Phi) is 8.60. The van der Waals surface area contributed by atoms with E-state index in [1.165, 1.54) is 27.7 Å². The summed E-state index contributed by atoms with van der Waals surface area (Å²) in [5, 5.41) is 2.57. The molecule has 1 rings (SSSR count). The molecule has 5 atom stereocenters. The molecular weight excluding hydrogens is 415 g/mol.